The van der Waals surface area contributed by atoms with Gasteiger partial charge in [0.15, 0.2) is 0 Å². The zero-order chi connectivity index (χ0) is 19.0. The quantitative estimate of drug-likeness (QED) is 0.878. The minimum absolute atomic E-state index is 0.145. The molecule has 7 heteroatoms. The highest BCUT2D eigenvalue weighted by Gasteiger charge is 2.52. The Morgan fingerprint density at radius 2 is 1.73 bits per heavy atom. The van der Waals surface area contributed by atoms with Crippen LogP contribution in [0.5, 0.6) is 0 Å². The zero-order valence-corrected chi connectivity index (χ0v) is 15.3. The number of urea groups is 1. The molecule has 4 nitrogen and oxygen atoms in total. The van der Waals surface area contributed by atoms with Gasteiger partial charge >= 0.3 is 12.2 Å². The van der Waals surface area contributed by atoms with Gasteiger partial charge in [0.05, 0.1) is 12.0 Å². The number of hydrogen-bond acceptors (Lipinski definition) is 2. The molecule has 1 saturated heterocycles. The molecule has 0 bridgehead atoms. The lowest BCUT2D eigenvalue weighted by Crippen LogP contribution is -2.55. The summed E-state index contributed by atoms with van der Waals surface area (Å²) < 4.78 is 38.0. The Hall–Kier alpha value is -1.76. The van der Waals surface area contributed by atoms with Crippen LogP contribution in [0, 0.1) is 0 Å². The molecular formula is C19H26F3N3O. The summed E-state index contributed by atoms with van der Waals surface area (Å²) in [5.74, 6) is 0. The minimum Gasteiger partial charge on any atom is -0.336 e. The number of carbonyl (C=O) groups excluding carboxylic acids is 1. The van der Waals surface area contributed by atoms with E-state index in [1.165, 1.54) is 10.5 Å². The van der Waals surface area contributed by atoms with Gasteiger partial charge in [0.25, 0.3) is 0 Å². The standard InChI is InChI=1S/C19H26F3N3O/c1-24(2)18(15-6-4-3-5-7-15)10-8-17(9-11-18)14-23-16(26)25(17)13-12-19(20,21)22/h3-7H,8-14H2,1-2H3,(H,23,26)/t17-,18-. The first kappa shape index (κ1) is 19.0. The number of benzene rings is 1. The lowest BCUT2D eigenvalue weighted by molar-refractivity contribution is -0.139. The monoisotopic (exact) mass is 369 g/mol. The highest BCUT2D eigenvalue weighted by atomic mass is 19.4. The summed E-state index contributed by atoms with van der Waals surface area (Å²) in [6.07, 6.45) is -2.22. The SMILES string of the molecule is CN(C)[C@]1(c2ccccc2)CC[C@@]2(CC1)CNC(=O)N2CCC(F)(F)F. The summed E-state index contributed by atoms with van der Waals surface area (Å²) in [4.78, 5) is 15.8. The fraction of sp³-hybridized carbons (Fsp3) is 0.632. The topological polar surface area (TPSA) is 35.6 Å². The van der Waals surface area contributed by atoms with Crippen LogP contribution in [0.1, 0.15) is 37.7 Å². The lowest BCUT2D eigenvalue weighted by Gasteiger charge is -2.51. The van der Waals surface area contributed by atoms with E-state index in [0.29, 0.717) is 19.4 Å². The Balaban J connectivity index is 1.79. The van der Waals surface area contributed by atoms with Crippen molar-refractivity contribution in [3.05, 3.63) is 35.9 Å². The van der Waals surface area contributed by atoms with Crippen molar-refractivity contribution in [1.82, 2.24) is 15.1 Å². The Labute approximate surface area is 152 Å². The lowest BCUT2D eigenvalue weighted by atomic mass is 9.68. The predicted molar refractivity (Wildman–Crippen MR) is 93.8 cm³/mol. The molecule has 0 aromatic heterocycles. The molecule has 1 spiro atoms. The van der Waals surface area contributed by atoms with Crippen molar-refractivity contribution >= 4 is 6.03 Å². The Morgan fingerprint density at radius 3 is 2.27 bits per heavy atom. The maximum absolute atomic E-state index is 12.7. The van der Waals surface area contributed by atoms with E-state index >= 15 is 0 Å². The van der Waals surface area contributed by atoms with Crippen LogP contribution >= 0.6 is 0 Å². The van der Waals surface area contributed by atoms with Crippen molar-refractivity contribution in [2.45, 2.75) is 49.4 Å². The minimum atomic E-state index is -4.25. The average molecular weight is 369 g/mol. The number of alkyl halides is 3. The Bertz CT molecular complexity index is 637. The van der Waals surface area contributed by atoms with Gasteiger partial charge in [0.1, 0.15) is 0 Å². The van der Waals surface area contributed by atoms with E-state index in [9.17, 15) is 18.0 Å². The van der Waals surface area contributed by atoms with Crippen LogP contribution in [0.25, 0.3) is 0 Å². The van der Waals surface area contributed by atoms with Crippen LogP contribution < -0.4 is 5.32 Å². The third kappa shape index (κ3) is 3.41. The van der Waals surface area contributed by atoms with Crippen LogP contribution in [0.4, 0.5) is 18.0 Å². The van der Waals surface area contributed by atoms with Crippen molar-refractivity contribution in [1.29, 1.82) is 0 Å². The van der Waals surface area contributed by atoms with Crippen molar-refractivity contribution in [2.75, 3.05) is 27.2 Å². The number of carbonyl (C=O) groups is 1. The van der Waals surface area contributed by atoms with E-state index in [1.54, 1.807) is 0 Å². The second-order valence-corrected chi connectivity index (χ2v) is 7.69. The maximum atomic E-state index is 12.7. The van der Waals surface area contributed by atoms with Crippen molar-refractivity contribution < 1.29 is 18.0 Å². The zero-order valence-electron chi connectivity index (χ0n) is 15.3. The second-order valence-electron chi connectivity index (χ2n) is 7.69. The van der Waals surface area contributed by atoms with Gasteiger partial charge in [-0.3, -0.25) is 4.90 Å². The molecule has 3 rings (SSSR count). The molecule has 0 atom stereocenters. The van der Waals surface area contributed by atoms with Crippen LogP contribution in [0.3, 0.4) is 0 Å². The summed E-state index contributed by atoms with van der Waals surface area (Å²) in [6.45, 7) is 0.164. The first-order valence-electron chi connectivity index (χ1n) is 9.04. The molecule has 1 heterocycles. The molecular weight excluding hydrogens is 343 g/mol. The fourth-order valence-corrected chi connectivity index (χ4v) is 4.54. The largest absolute Gasteiger partial charge is 0.390 e. The molecule has 144 valence electrons. The summed E-state index contributed by atoms with van der Waals surface area (Å²) in [5, 5.41) is 2.77. The third-order valence-corrected chi connectivity index (χ3v) is 6.18. The molecule has 1 aromatic rings. The Morgan fingerprint density at radius 1 is 1.12 bits per heavy atom. The number of nitrogens with one attached hydrogen (secondary N) is 1. The van der Waals surface area contributed by atoms with Gasteiger partial charge in [-0.15, -0.1) is 0 Å². The van der Waals surface area contributed by atoms with E-state index in [4.69, 9.17) is 0 Å². The van der Waals surface area contributed by atoms with Gasteiger partial charge in [-0.1, -0.05) is 30.3 Å². The average Bonchev–Trinajstić information content (AvgIpc) is 2.90. The summed E-state index contributed by atoms with van der Waals surface area (Å²) in [7, 11) is 4.09. The fourth-order valence-electron chi connectivity index (χ4n) is 4.54. The van der Waals surface area contributed by atoms with Gasteiger partial charge in [-0.2, -0.15) is 13.2 Å². The van der Waals surface area contributed by atoms with Crippen LogP contribution in [-0.4, -0.2) is 54.7 Å². The first-order valence-corrected chi connectivity index (χ1v) is 9.04. The molecule has 1 aromatic carbocycles. The summed E-state index contributed by atoms with van der Waals surface area (Å²) in [5.41, 5.74) is 0.573. The van der Waals surface area contributed by atoms with Gasteiger partial charge in [0.2, 0.25) is 0 Å². The molecule has 1 aliphatic carbocycles. The van der Waals surface area contributed by atoms with E-state index in [-0.39, 0.29) is 18.1 Å². The number of halogens is 3. The van der Waals surface area contributed by atoms with E-state index in [1.807, 2.05) is 32.3 Å². The molecule has 0 unspecified atom stereocenters. The van der Waals surface area contributed by atoms with Crippen molar-refractivity contribution in [3.8, 4) is 0 Å². The normalized spacial score (nSPS) is 29.5. The molecule has 2 aliphatic rings. The number of amides is 2. The van der Waals surface area contributed by atoms with Gasteiger partial charge in [-0.05, 0) is 45.3 Å². The molecule has 2 fully saturated rings. The second kappa shape index (κ2) is 6.76. The highest BCUT2D eigenvalue weighted by molar-refractivity contribution is 5.78. The molecule has 0 radical (unpaired) electrons. The molecule has 2 amide bonds. The molecule has 1 saturated carbocycles. The first-order chi connectivity index (χ1) is 12.2. The third-order valence-electron chi connectivity index (χ3n) is 6.18. The number of hydrogen-bond donors (Lipinski definition) is 1. The molecule has 1 N–H and O–H groups in total. The molecule has 1 aliphatic heterocycles. The number of nitrogens with zero attached hydrogens (tertiary/aromatic N) is 2. The van der Waals surface area contributed by atoms with Crippen LogP contribution in [0.2, 0.25) is 0 Å². The van der Waals surface area contributed by atoms with Gasteiger partial charge < -0.3 is 10.2 Å². The Kier molecular flexibility index (Phi) is 4.94. The summed E-state index contributed by atoms with van der Waals surface area (Å²) in [6, 6.07) is 9.86. The number of rotatable bonds is 4. The van der Waals surface area contributed by atoms with Crippen LogP contribution in [-0.2, 0) is 5.54 Å². The van der Waals surface area contributed by atoms with E-state index < -0.39 is 18.1 Å². The smallest absolute Gasteiger partial charge is 0.336 e. The van der Waals surface area contributed by atoms with Crippen molar-refractivity contribution in [3.63, 3.8) is 0 Å². The maximum Gasteiger partial charge on any atom is 0.390 e. The van der Waals surface area contributed by atoms with E-state index in [0.717, 1.165) is 12.8 Å². The van der Waals surface area contributed by atoms with Crippen molar-refractivity contribution in [2.24, 2.45) is 0 Å². The van der Waals surface area contributed by atoms with E-state index in [2.05, 4.69) is 22.3 Å². The van der Waals surface area contributed by atoms with Gasteiger partial charge in [0, 0.05) is 18.6 Å². The highest BCUT2D eigenvalue weighted by Crippen LogP contribution is 2.47. The van der Waals surface area contributed by atoms with Crippen LogP contribution in [0.15, 0.2) is 30.3 Å². The summed E-state index contributed by atoms with van der Waals surface area (Å²) >= 11 is 0. The molecule has 26 heavy (non-hydrogen) atoms. The van der Waals surface area contributed by atoms with Gasteiger partial charge in [-0.25, -0.2) is 4.79 Å². The predicted octanol–water partition coefficient (Wildman–Crippen LogP) is 3.73.